The SMILES string of the molecule is O=C(O)CC1(CSc2cc(Cl)c(Cl)cc2[N+](=O)[O-])CC1. The average molecular weight is 336 g/mol. The van der Waals surface area contributed by atoms with E-state index in [2.05, 4.69) is 0 Å². The second-order valence-corrected chi connectivity index (χ2v) is 6.68. The molecule has 2 rings (SSSR count). The van der Waals surface area contributed by atoms with Crippen molar-refractivity contribution < 1.29 is 14.8 Å². The first-order chi connectivity index (χ1) is 9.33. The van der Waals surface area contributed by atoms with Gasteiger partial charge in [-0.25, -0.2) is 0 Å². The second kappa shape index (κ2) is 5.79. The highest BCUT2D eigenvalue weighted by Gasteiger charge is 2.44. The standard InChI is InChI=1S/C12H11Cl2NO4S/c13-7-3-9(15(18)19)10(4-8(7)14)20-6-12(1-2-12)5-11(16)17/h3-4H,1-2,5-6H2,(H,16,17). The fraction of sp³-hybridized carbons (Fsp3) is 0.417. The highest BCUT2D eigenvalue weighted by molar-refractivity contribution is 7.99. The molecule has 1 aromatic rings. The topological polar surface area (TPSA) is 80.4 Å². The van der Waals surface area contributed by atoms with Gasteiger partial charge in [0.15, 0.2) is 0 Å². The molecule has 0 saturated heterocycles. The van der Waals surface area contributed by atoms with Crippen LogP contribution < -0.4 is 0 Å². The number of carboxylic acid groups (broad SMARTS) is 1. The van der Waals surface area contributed by atoms with Gasteiger partial charge >= 0.3 is 5.97 Å². The number of hydrogen-bond acceptors (Lipinski definition) is 4. The maximum absolute atomic E-state index is 11.0. The Morgan fingerprint density at radius 2 is 2.00 bits per heavy atom. The summed E-state index contributed by atoms with van der Waals surface area (Å²) in [6.07, 6.45) is 1.76. The largest absolute Gasteiger partial charge is 0.481 e. The number of nitro benzene ring substituents is 1. The first-order valence-electron chi connectivity index (χ1n) is 5.81. The van der Waals surface area contributed by atoms with Crippen molar-refractivity contribution in [2.24, 2.45) is 5.41 Å². The summed E-state index contributed by atoms with van der Waals surface area (Å²) in [6, 6.07) is 2.69. The molecule has 1 aliphatic rings. The van der Waals surface area contributed by atoms with Crippen LogP contribution in [0.2, 0.25) is 10.0 Å². The molecule has 8 heteroatoms. The molecule has 0 radical (unpaired) electrons. The van der Waals surface area contributed by atoms with Gasteiger partial charge in [-0.15, -0.1) is 11.8 Å². The van der Waals surface area contributed by atoms with Crippen molar-refractivity contribution in [2.75, 3.05) is 5.75 Å². The van der Waals surface area contributed by atoms with E-state index < -0.39 is 10.9 Å². The van der Waals surface area contributed by atoms with Gasteiger partial charge < -0.3 is 5.11 Å². The predicted octanol–water partition coefficient (Wildman–Crippen LogP) is 4.25. The van der Waals surface area contributed by atoms with Crippen molar-refractivity contribution in [1.29, 1.82) is 0 Å². The molecule has 0 heterocycles. The molecule has 0 unspecified atom stereocenters. The maximum atomic E-state index is 11.0. The Balaban J connectivity index is 2.15. The van der Waals surface area contributed by atoms with E-state index in [1.807, 2.05) is 0 Å². The van der Waals surface area contributed by atoms with Gasteiger partial charge in [-0.1, -0.05) is 23.2 Å². The Morgan fingerprint density at radius 3 is 2.50 bits per heavy atom. The van der Waals surface area contributed by atoms with Crippen LogP contribution in [0.5, 0.6) is 0 Å². The van der Waals surface area contributed by atoms with E-state index >= 15 is 0 Å². The van der Waals surface area contributed by atoms with Crippen LogP contribution in [-0.2, 0) is 4.79 Å². The smallest absolute Gasteiger partial charge is 0.303 e. The van der Waals surface area contributed by atoms with Gasteiger partial charge in [-0.2, -0.15) is 0 Å². The maximum Gasteiger partial charge on any atom is 0.303 e. The van der Waals surface area contributed by atoms with Gasteiger partial charge in [0, 0.05) is 11.8 Å². The summed E-state index contributed by atoms with van der Waals surface area (Å²) in [4.78, 5) is 21.7. The summed E-state index contributed by atoms with van der Waals surface area (Å²) in [7, 11) is 0. The van der Waals surface area contributed by atoms with E-state index in [1.54, 1.807) is 0 Å². The number of aliphatic carboxylic acids is 1. The minimum atomic E-state index is -0.841. The predicted molar refractivity (Wildman–Crippen MR) is 77.8 cm³/mol. The zero-order valence-corrected chi connectivity index (χ0v) is 12.6. The molecule has 108 valence electrons. The molecular formula is C12H11Cl2NO4S. The molecule has 0 amide bonds. The van der Waals surface area contributed by atoms with Crippen molar-refractivity contribution in [2.45, 2.75) is 24.2 Å². The Morgan fingerprint density at radius 1 is 1.40 bits per heavy atom. The lowest BCUT2D eigenvalue weighted by atomic mass is 10.1. The fourth-order valence-electron chi connectivity index (χ4n) is 1.88. The minimum absolute atomic E-state index is 0.0924. The minimum Gasteiger partial charge on any atom is -0.481 e. The molecule has 0 spiro atoms. The summed E-state index contributed by atoms with van der Waals surface area (Å²) in [5, 5.41) is 20.2. The summed E-state index contributed by atoms with van der Waals surface area (Å²) in [6.45, 7) is 0. The zero-order chi connectivity index (χ0) is 14.9. The van der Waals surface area contributed by atoms with Gasteiger partial charge in [0.2, 0.25) is 0 Å². The summed E-state index contributed by atoms with van der Waals surface area (Å²) < 4.78 is 0. The van der Waals surface area contributed by atoms with E-state index in [9.17, 15) is 14.9 Å². The number of benzene rings is 1. The van der Waals surface area contributed by atoms with Crippen molar-refractivity contribution >= 4 is 46.6 Å². The number of hydrogen-bond donors (Lipinski definition) is 1. The zero-order valence-electron chi connectivity index (χ0n) is 10.3. The molecular weight excluding hydrogens is 325 g/mol. The van der Waals surface area contributed by atoms with Crippen LogP contribution >= 0.6 is 35.0 Å². The number of nitro groups is 1. The summed E-state index contributed by atoms with van der Waals surface area (Å²) in [5.41, 5.74) is -0.341. The van der Waals surface area contributed by atoms with Crippen LogP contribution in [0.15, 0.2) is 17.0 Å². The first kappa shape index (κ1) is 15.4. The van der Waals surface area contributed by atoms with E-state index in [0.717, 1.165) is 12.8 Å². The second-order valence-electron chi connectivity index (χ2n) is 4.85. The lowest BCUT2D eigenvalue weighted by molar-refractivity contribution is -0.387. The highest BCUT2D eigenvalue weighted by Crippen LogP contribution is 2.52. The van der Waals surface area contributed by atoms with Crippen molar-refractivity contribution in [3.8, 4) is 0 Å². The number of thioether (sulfide) groups is 1. The Labute approximate surface area is 129 Å². The molecule has 0 bridgehead atoms. The van der Waals surface area contributed by atoms with Crippen molar-refractivity contribution in [3.63, 3.8) is 0 Å². The Bertz CT molecular complexity index is 575. The van der Waals surface area contributed by atoms with Crippen molar-refractivity contribution in [1.82, 2.24) is 0 Å². The van der Waals surface area contributed by atoms with Crippen LogP contribution in [-0.4, -0.2) is 21.8 Å². The Kier molecular flexibility index (Phi) is 4.46. The number of rotatable bonds is 6. The number of carbonyl (C=O) groups is 1. The van der Waals surface area contributed by atoms with Gasteiger partial charge in [0.1, 0.15) is 0 Å². The van der Waals surface area contributed by atoms with Gasteiger partial charge in [-0.05, 0) is 24.3 Å². The van der Waals surface area contributed by atoms with E-state index in [4.69, 9.17) is 28.3 Å². The molecule has 1 aromatic carbocycles. The summed E-state index contributed by atoms with van der Waals surface area (Å²) >= 11 is 12.9. The fourth-order valence-corrected chi connectivity index (χ4v) is 3.60. The molecule has 20 heavy (non-hydrogen) atoms. The van der Waals surface area contributed by atoms with Crippen LogP contribution in [0, 0.1) is 15.5 Å². The number of carboxylic acids is 1. The summed E-state index contributed by atoms with van der Waals surface area (Å²) in [5.74, 6) is -0.315. The number of halogens is 2. The van der Waals surface area contributed by atoms with Crippen LogP contribution in [0.25, 0.3) is 0 Å². The lowest BCUT2D eigenvalue weighted by Crippen LogP contribution is -2.11. The molecule has 0 aliphatic heterocycles. The van der Waals surface area contributed by atoms with E-state index in [1.165, 1.54) is 23.9 Å². The lowest BCUT2D eigenvalue weighted by Gasteiger charge is -2.12. The van der Waals surface area contributed by atoms with Gasteiger partial charge in [0.25, 0.3) is 5.69 Å². The molecule has 1 aliphatic carbocycles. The quantitative estimate of drug-likeness (QED) is 0.477. The van der Waals surface area contributed by atoms with Gasteiger partial charge in [-0.3, -0.25) is 14.9 Å². The van der Waals surface area contributed by atoms with Crippen LogP contribution in [0.1, 0.15) is 19.3 Å². The van der Waals surface area contributed by atoms with E-state index in [-0.39, 0.29) is 27.6 Å². The van der Waals surface area contributed by atoms with Crippen molar-refractivity contribution in [3.05, 3.63) is 32.3 Å². The third kappa shape index (κ3) is 3.56. The van der Waals surface area contributed by atoms with Crippen LogP contribution in [0.3, 0.4) is 0 Å². The Hall–Kier alpha value is -0.980. The highest BCUT2D eigenvalue weighted by atomic mass is 35.5. The normalized spacial score (nSPS) is 15.9. The molecule has 5 nitrogen and oxygen atoms in total. The molecule has 1 N–H and O–H groups in total. The molecule has 1 fully saturated rings. The monoisotopic (exact) mass is 335 g/mol. The average Bonchev–Trinajstić information content (AvgIpc) is 3.09. The molecule has 0 aromatic heterocycles. The third-order valence-corrected chi connectivity index (χ3v) is 5.33. The van der Waals surface area contributed by atoms with Crippen LogP contribution in [0.4, 0.5) is 5.69 Å². The first-order valence-corrected chi connectivity index (χ1v) is 7.55. The third-order valence-electron chi connectivity index (χ3n) is 3.22. The molecule has 0 atom stereocenters. The van der Waals surface area contributed by atoms with E-state index in [0.29, 0.717) is 10.6 Å². The number of nitrogens with zero attached hydrogens (tertiary/aromatic N) is 1. The van der Waals surface area contributed by atoms with Gasteiger partial charge in [0.05, 0.1) is 26.3 Å². The molecule has 1 saturated carbocycles.